The van der Waals surface area contributed by atoms with Crippen LogP contribution in [0.5, 0.6) is 0 Å². The average molecular weight is 523 g/mol. The van der Waals surface area contributed by atoms with Crippen LogP contribution in [0.4, 0.5) is 0 Å². The van der Waals surface area contributed by atoms with Crippen LogP contribution in [0.2, 0.25) is 0 Å². The SMILES string of the molecule is C=CC1=[C+]C=C(OCCCCCCC2(c3ccccc3)c3ccccc3-c3ccc(Br)cc32)C=C1. The molecule has 3 aromatic rings. The fourth-order valence-electron chi connectivity index (χ4n) is 5.46. The molecule has 5 rings (SSSR count). The summed E-state index contributed by atoms with van der Waals surface area (Å²) in [4.78, 5) is 0. The monoisotopic (exact) mass is 521 g/mol. The van der Waals surface area contributed by atoms with Crippen LogP contribution in [0.25, 0.3) is 11.1 Å². The van der Waals surface area contributed by atoms with Gasteiger partial charge in [0.2, 0.25) is 5.76 Å². The summed E-state index contributed by atoms with van der Waals surface area (Å²) in [6, 6.07) is 26.8. The minimum atomic E-state index is -0.115. The molecule has 2 aliphatic rings. The maximum absolute atomic E-state index is 5.91. The second-order valence-electron chi connectivity index (χ2n) is 9.20. The molecule has 0 bridgehead atoms. The summed E-state index contributed by atoms with van der Waals surface area (Å²) in [6.07, 6.45) is 16.5. The Morgan fingerprint density at radius 2 is 1.60 bits per heavy atom. The van der Waals surface area contributed by atoms with Crippen LogP contribution in [0.3, 0.4) is 0 Å². The number of hydrogen-bond acceptors (Lipinski definition) is 1. The Morgan fingerprint density at radius 3 is 2.40 bits per heavy atom. The van der Waals surface area contributed by atoms with E-state index < -0.39 is 0 Å². The summed E-state index contributed by atoms with van der Waals surface area (Å²) in [5, 5.41) is 0. The molecular formula is C33H30BrO+. The normalized spacial score (nSPS) is 17.6. The topological polar surface area (TPSA) is 9.23 Å². The van der Waals surface area contributed by atoms with E-state index in [0.29, 0.717) is 0 Å². The largest absolute Gasteiger partial charge is 0.449 e. The molecule has 35 heavy (non-hydrogen) atoms. The number of benzene rings is 3. The summed E-state index contributed by atoms with van der Waals surface area (Å²) in [7, 11) is 0. The van der Waals surface area contributed by atoms with Gasteiger partial charge >= 0.3 is 0 Å². The molecule has 0 N–H and O–H groups in total. The third-order valence-corrected chi connectivity index (χ3v) is 7.62. The van der Waals surface area contributed by atoms with E-state index in [1.54, 1.807) is 6.08 Å². The first kappa shape index (κ1) is 23.5. The summed E-state index contributed by atoms with van der Waals surface area (Å²) in [6.45, 7) is 4.51. The van der Waals surface area contributed by atoms with Crippen molar-refractivity contribution >= 4 is 15.9 Å². The van der Waals surface area contributed by atoms with E-state index in [0.717, 1.165) is 48.1 Å². The summed E-state index contributed by atoms with van der Waals surface area (Å²) >= 11 is 3.75. The van der Waals surface area contributed by atoms with Gasteiger partial charge in [-0.25, -0.2) is 0 Å². The first-order chi connectivity index (χ1) is 17.2. The minimum Gasteiger partial charge on any atom is -0.449 e. The van der Waals surface area contributed by atoms with Gasteiger partial charge in [-0.3, -0.25) is 0 Å². The van der Waals surface area contributed by atoms with E-state index in [4.69, 9.17) is 4.74 Å². The van der Waals surface area contributed by atoms with Crippen LogP contribution in [0, 0.1) is 6.08 Å². The lowest BCUT2D eigenvalue weighted by atomic mass is 9.69. The number of rotatable bonds is 10. The lowest BCUT2D eigenvalue weighted by molar-refractivity contribution is 0.216. The quantitative estimate of drug-likeness (QED) is 0.191. The number of unbranched alkanes of at least 4 members (excludes halogenated alkanes) is 3. The first-order valence-electron chi connectivity index (χ1n) is 12.4. The number of hydrogen-bond donors (Lipinski definition) is 0. The zero-order valence-electron chi connectivity index (χ0n) is 20.0. The Balaban J connectivity index is 1.29. The van der Waals surface area contributed by atoms with E-state index in [1.807, 2.05) is 18.2 Å². The average Bonchev–Trinajstić information content (AvgIpc) is 3.19. The molecule has 174 valence electrons. The third-order valence-electron chi connectivity index (χ3n) is 7.13. The predicted octanol–water partition coefficient (Wildman–Crippen LogP) is 9.10. The second-order valence-corrected chi connectivity index (χ2v) is 10.1. The molecule has 1 unspecified atom stereocenters. The number of halogens is 1. The highest BCUT2D eigenvalue weighted by atomic mass is 79.9. The second kappa shape index (κ2) is 10.6. The zero-order chi connectivity index (χ0) is 24.1. The molecule has 1 nitrogen and oxygen atoms in total. The lowest BCUT2D eigenvalue weighted by Crippen LogP contribution is -2.27. The van der Waals surface area contributed by atoms with Crippen LogP contribution < -0.4 is 0 Å². The summed E-state index contributed by atoms with van der Waals surface area (Å²) < 4.78 is 7.05. The van der Waals surface area contributed by atoms with Gasteiger partial charge in [0.15, 0.2) is 0 Å². The molecule has 3 aromatic carbocycles. The Bertz CT molecular complexity index is 1300. The minimum absolute atomic E-state index is 0.115. The molecule has 0 saturated heterocycles. The van der Waals surface area contributed by atoms with Gasteiger partial charge in [-0.1, -0.05) is 102 Å². The van der Waals surface area contributed by atoms with E-state index in [9.17, 15) is 0 Å². The van der Waals surface area contributed by atoms with Crippen molar-refractivity contribution < 1.29 is 4.74 Å². The van der Waals surface area contributed by atoms with Gasteiger partial charge in [-0.05, 0) is 52.8 Å². The maximum Gasteiger partial charge on any atom is 0.207 e. The molecular weight excluding hydrogens is 492 g/mol. The van der Waals surface area contributed by atoms with Crippen LogP contribution in [-0.4, -0.2) is 6.61 Å². The highest BCUT2D eigenvalue weighted by molar-refractivity contribution is 9.10. The maximum atomic E-state index is 5.91. The Labute approximate surface area is 217 Å². The molecule has 0 heterocycles. The third kappa shape index (κ3) is 4.69. The lowest BCUT2D eigenvalue weighted by Gasteiger charge is -2.33. The van der Waals surface area contributed by atoms with Gasteiger partial charge < -0.3 is 4.74 Å². The smallest absolute Gasteiger partial charge is 0.207 e. The van der Waals surface area contributed by atoms with Gasteiger partial charge in [0.05, 0.1) is 6.08 Å². The van der Waals surface area contributed by atoms with Crippen molar-refractivity contribution in [3.8, 4) is 11.1 Å². The number of ether oxygens (including phenoxy) is 1. The molecule has 0 spiro atoms. The fourth-order valence-corrected chi connectivity index (χ4v) is 5.82. The van der Waals surface area contributed by atoms with Crippen molar-refractivity contribution in [2.45, 2.75) is 37.5 Å². The van der Waals surface area contributed by atoms with Crippen molar-refractivity contribution in [1.82, 2.24) is 0 Å². The van der Waals surface area contributed by atoms with Gasteiger partial charge in [-0.2, -0.15) is 0 Å². The highest BCUT2D eigenvalue weighted by Gasteiger charge is 2.43. The summed E-state index contributed by atoms with van der Waals surface area (Å²) in [5.74, 6) is 0.878. The van der Waals surface area contributed by atoms with Crippen molar-refractivity contribution in [2.75, 3.05) is 6.61 Å². The van der Waals surface area contributed by atoms with E-state index >= 15 is 0 Å². The molecule has 0 amide bonds. The number of fused-ring (bicyclic) bond motifs is 3. The van der Waals surface area contributed by atoms with Crippen molar-refractivity contribution in [3.63, 3.8) is 0 Å². The molecule has 0 radical (unpaired) electrons. The van der Waals surface area contributed by atoms with Gasteiger partial charge in [0.25, 0.3) is 0 Å². The Morgan fingerprint density at radius 1 is 0.829 bits per heavy atom. The van der Waals surface area contributed by atoms with Gasteiger partial charge in [0, 0.05) is 28.1 Å². The predicted molar refractivity (Wildman–Crippen MR) is 149 cm³/mol. The molecule has 0 fully saturated rings. The van der Waals surface area contributed by atoms with Gasteiger partial charge in [-0.15, -0.1) is 0 Å². The highest BCUT2D eigenvalue weighted by Crippen LogP contribution is 2.55. The van der Waals surface area contributed by atoms with Gasteiger partial charge in [0.1, 0.15) is 18.3 Å². The van der Waals surface area contributed by atoms with E-state index in [-0.39, 0.29) is 5.41 Å². The summed E-state index contributed by atoms with van der Waals surface area (Å²) in [5.41, 5.74) is 7.84. The molecule has 0 aliphatic heterocycles. The first-order valence-corrected chi connectivity index (χ1v) is 13.2. The standard InChI is InChI=1S/C33H30BrO/c1-2-25-16-19-28(20-17-25)35-23-11-4-3-10-22-33(26-12-6-5-7-13-26)31-15-9-8-14-29(31)30-21-18-27(34)24-32(30)33/h2,5-9,12-16,18-21,24H,1,3-4,10-11,22-23H2/q+1. The van der Waals surface area contributed by atoms with E-state index in [1.165, 1.54) is 34.2 Å². The number of allylic oxidation sites excluding steroid dienone is 6. The Hall–Kier alpha value is -3.19. The molecule has 0 saturated carbocycles. The van der Waals surface area contributed by atoms with Crippen LogP contribution in [0.1, 0.15) is 48.8 Å². The zero-order valence-corrected chi connectivity index (χ0v) is 21.6. The Kier molecular flexibility index (Phi) is 7.13. The molecule has 1 atom stereocenters. The van der Waals surface area contributed by atoms with Crippen molar-refractivity contribution in [2.24, 2.45) is 0 Å². The molecule has 2 heteroatoms. The van der Waals surface area contributed by atoms with Crippen LogP contribution >= 0.6 is 15.9 Å². The van der Waals surface area contributed by atoms with Crippen LogP contribution in [-0.2, 0) is 10.2 Å². The molecule has 2 aliphatic carbocycles. The molecule has 0 aromatic heterocycles. The van der Waals surface area contributed by atoms with E-state index in [2.05, 4.69) is 101 Å². The fraction of sp³-hybridized carbons (Fsp3) is 0.212. The van der Waals surface area contributed by atoms with Crippen molar-refractivity contribution in [3.05, 3.63) is 142 Å². The van der Waals surface area contributed by atoms with Crippen LogP contribution in [0.15, 0.2) is 119 Å². The van der Waals surface area contributed by atoms with Crippen molar-refractivity contribution in [1.29, 1.82) is 0 Å².